The third-order valence-corrected chi connectivity index (χ3v) is 6.97. The van der Waals surface area contributed by atoms with E-state index in [1.165, 1.54) is 15.9 Å². The molecule has 3 N–H and O–H groups in total. The minimum absolute atomic E-state index is 0.291. The molecular weight excluding hydrogens is 514 g/mol. The molecule has 2 atom stereocenters. The van der Waals surface area contributed by atoms with E-state index >= 15 is 0 Å². The van der Waals surface area contributed by atoms with Gasteiger partial charge in [0, 0.05) is 46.6 Å². The molecule has 0 aliphatic carbocycles. The van der Waals surface area contributed by atoms with Crippen LogP contribution < -0.4 is 11.2 Å². The van der Waals surface area contributed by atoms with Crippen LogP contribution in [-0.2, 0) is 27.2 Å². The van der Waals surface area contributed by atoms with E-state index in [4.69, 9.17) is 5.73 Å². The van der Waals surface area contributed by atoms with Gasteiger partial charge in [-0.2, -0.15) is 0 Å². The van der Waals surface area contributed by atoms with Crippen molar-refractivity contribution in [3.05, 3.63) is 96.1 Å². The van der Waals surface area contributed by atoms with Crippen molar-refractivity contribution < 1.29 is 14.4 Å². The maximum absolute atomic E-state index is 14.2. The average Bonchev–Trinajstić information content (AvgIpc) is 2.92. The first kappa shape index (κ1) is 31.5. The number of nitrogens with zero attached hydrogens (tertiary/aromatic N) is 3. The van der Waals surface area contributed by atoms with Crippen molar-refractivity contribution in [2.24, 2.45) is 5.73 Å². The molecule has 0 spiro atoms. The van der Waals surface area contributed by atoms with Crippen molar-refractivity contribution in [3.63, 3.8) is 0 Å². The van der Waals surface area contributed by atoms with E-state index in [-0.39, 0.29) is 17.7 Å². The van der Waals surface area contributed by atoms with Crippen molar-refractivity contribution in [1.82, 2.24) is 20.2 Å². The van der Waals surface area contributed by atoms with Crippen LogP contribution in [0.3, 0.4) is 0 Å². The first-order valence-electron chi connectivity index (χ1n) is 13.8. The number of hydrogen-bond acceptors (Lipinski definition) is 5. The van der Waals surface area contributed by atoms with Crippen LogP contribution in [0, 0.1) is 0 Å². The quantitative estimate of drug-likeness (QED) is 0.262. The van der Waals surface area contributed by atoms with Crippen LogP contribution >= 0.6 is 0 Å². The molecule has 3 aromatic rings. The zero-order valence-corrected chi connectivity index (χ0v) is 25.0. The Morgan fingerprint density at radius 2 is 1.41 bits per heavy atom. The lowest BCUT2D eigenvalue weighted by molar-refractivity contribution is -0.147. The van der Waals surface area contributed by atoms with Gasteiger partial charge in [-0.15, -0.1) is 0 Å². The molecule has 218 valence electrons. The van der Waals surface area contributed by atoms with Gasteiger partial charge in [-0.25, -0.2) is 5.01 Å². The maximum Gasteiger partial charge on any atom is 0.257 e. The van der Waals surface area contributed by atoms with Gasteiger partial charge < -0.3 is 15.5 Å². The Balaban J connectivity index is 1.95. The Kier molecular flexibility index (Phi) is 10.8. The first-order chi connectivity index (χ1) is 19.4. The summed E-state index contributed by atoms with van der Waals surface area (Å²) >= 11 is 0. The first-order valence-corrected chi connectivity index (χ1v) is 13.8. The minimum Gasteiger partial charge on any atom is -0.332 e. The number of carbonyl (C=O) groups is 3. The topological polar surface area (TPSA) is 99.0 Å². The van der Waals surface area contributed by atoms with E-state index in [2.05, 4.69) is 5.43 Å². The summed E-state index contributed by atoms with van der Waals surface area (Å²) in [7, 11) is 6.71. The Morgan fingerprint density at radius 1 is 0.805 bits per heavy atom. The van der Waals surface area contributed by atoms with Gasteiger partial charge in [0.05, 0.1) is 0 Å². The highest BCUT2D eigenvalue weighted by Crippen LogP contribution is 2.20. The second kappa shape index (κ2) is 14.1. The molecular formula is C33H43N5O3. The second-order valence-electron chi connectivity index (χ2n) is 11.5. The number of hydrogen-bond donors (Lipinski definition) is 2. The fraction of sp³-hybridized carbons (Fsp3) is 0.364. The Hall–Kier alpha value is -4.01. The molecule has 0 heterocycles. The fourth-order valence-corrected chi connectivity index (χ4v) is 4.64. The van der Waals surface area contributed by atoms with Gasteiger partial charge in [0.1, 0.15) is 12.1 Å². The molecule has 0 bridgehead atoms. The number of nitrogens with two attached hydrogens (primary N) is 1. The Bertz CT molecular complexity index is 1360. The minimum atomic E-state index is -0.838. The number of benzene rings is 3. The van der Waals surface area contributed by atoms with Crippen LogP contribution in [0.1, 0.15) is 31.4 Å². The number of fused-ring (bicyclic) bond motifs is 1. The smallest absolute Gasteiger partial charge is 0.257 e. The standard InChI is InChI=1S/C33H43N5O3/c1-33(2,34)20-12-17-30(39)37(5)29(23-25-18-19-26-15-10-11-16-27(26)21-25)32(41)38(6)28(31(40)35-36(3)4)22-24-13-8-7-9-14-24/h7-19,21,28-29H,20,22-23,34H2,1-6H3,(H,35,40)/b17-12+/t28-,29?/m1/s1. The maximum atomic E-state index is 14.2. The highest BCUT2D eigenvalue weighted by atomic mass is 16.2. The number of rotatable bonds is 12. The van der Waals surface area contributed by atoms with Crippen molar-refractivity contribution in [1.29, 1.82) is 0 Å². The lowest BCUT2D eigenvalue weighted by atomic mass is 9.98. The largest absolute Gasteiger partial charge is 0.332 e. The second-order valence-corrected chi connectivity index (χ2v) is 11.5. The van der Waals surface area contributed by atoms with E-state index in [0.717, 1.165) is 21.9 Å². The van der Waals surface area contributed by atoms with Gasteiger partial charge in [-0.3, -0.25) is 19.8 Å². The van der Waals surface area contributed by atoms with E-state index in [1.807, 2.05) is 86.6 Å². The summed E-state index contributed by atoms with van der Waals surface area (Å²) in [6.45, 7) is 3.77. The third kappa shape index (κ3) is 9.27. The lowest BCUT2D eigenvalue weighted by Crippen LogP contribution is -2.57. The number of likely N-dealkylation sites (N-methyl/N-ethyl adjacent to an activating group) is 2. The summed E-state index contributed by atoms with van der Waals surface area (Å²) in [6.07, 6.45) is 4.34. The molecule has 0 fully saturated rings. The number of nitrogens with one attached hydrogen (secondary N) is 1. The van der Waals surface area contributed by atoms with Crippen LogP contribution in [0.25, 0.3) is 10.8 Å². The molecule has 8 nitrogen and oxygen atoms in total. The summed E-state index contributed by atoms with van der Waals surface area (Å²) < 4.78 is 0. The molecule has 0 saturated heterocycles. The van der Waals surface area contributed by atoms with Gasteiger partial charge >= 0.3 is 0 Å². The van der Waals surface area contributed by atoms with E-state index < -0.39 is 17.6 Å². The Morgan fingerprint density at radius 3 is 2.05 bits per heavy atom. The summed E-state index contributed by atoms with van der Waals surface area (Å²) in [5.41, 5.74) is 10.3. The molecule has 0 radical (unpaired) electrons. The predicted molar refractivity (Wildman–Crippen MR) is 165 cm³/mol. The van der Waals surface area contributed by atoms with Crippen LogP contribution in [0.15, 0.2) is 84.9 Å². The summed E-state index contributed by atoms with van der Waals surface area (Å²) in [4.78, 5) is 43.7. The van der Waals surface area contributed by atoms with Crippen LogP contribution in [0.4, 0.5) is 0 Å². The number of amides is 3. The van der Waals surface area contributed by atoms with Crippen molar-refractivity contribution in [2.75, 3.05) is 28.2 Å². The van der Waals surface area contributed by atoms with Gasteiger partial charge in [-0.1, -0.05) is 78.9 Å². The van der Waals surface area contributed by atoms with Crippen LogP contribution in [-0.4, -0.2) is 78.3 Å². The summed E-state index contributed by atoms with van der Waals surface area (Å²) in [6, 6.07) is 22.0. The van der Waals surface area contributed by atoms with E-state index in [0.29, 0.717) is 19.3 Å². The van der Waals surface area contributed by atoms with E-state index in [1.54, 1.807) is 39.3 Å². The van der Waals surface area contributed by atoms with Crippen LogP contribution in [0.2, 0.25) is 0 Å². The highest BCUT2D eigenvalue weighted by Gasteiger charge is 2.35. The number of carbonyl (C=O) groups excluding carboxylic acids is 3. The molecule has 8 heteroatoms. The summed E-state index contributed by atoms with van der Waals surface area (Å²) in [5, 5.41) is 3.71. The van der Waals surface area contributed by atoms with Crippen molar-refractivity contribution in [2.45, 2.75) is 50.7 Å². The zero-order chi connectivity index (χ0) is 30.2. The van der Waals surface area contributed by atoms with Crippen molar-refractivity contribution in [3.8, 4) is 0 Å². The lowest BCUT2D eigenvalue weighted by Gasteiger charge is -2.34. The molecule has 0 aliphatic heterocycles. The summed E-state index contributed by atoms with van der Waals surface area (Å²) in [5.74, 6) is -0.936. The van der Waals surface area contributed by atoms with Crippen LogP contribution in [0.5, 0.6) is 0 Å². The zero-order valence-electron chi connectivity index (χ0n) is 25.0. The van der Waals surface area contributed by atoms with Gasteiger partial charge in [-0.05, 0) is 48.2 Å². The third-order valence-electron chi connectivity index (χ3n) is 6.97. The molecule has 3 aromatic carbocycles. The molecule has 3 rings (SSSR count). The molecule has 1 unspecified atom stereocenters. The molecule has 0 aromatic heterocycles. The highest BCUT2D eigenvalue weighted by molar-refractivity contribution is 5.95. The molecule has 3 amide bonds. The molecule has 0 aliphatic rings. The van der Waals surface area contributed by atoms with E-state index in [9.17, 15) is 14.4 Å². The predicted octanol–water partition coefficient (Wildman–Crippen LogP) is 3.56. The number of hydrazine groups is 1. The van der Waals surface area contributed by atoms with Crippen molar-refractivity contribution >= 4 is 28.5 Å². The monoisotopic (exact) mass is 557 g/mol. The van der Waals surface area contributed by atoms with Gasteiger partial charge in [0.15, 0.2) is 0 Å². The normalized spacial score (nSPS) is 13.3. The average molecular weight is 558 g/mol. The molecule has 0 saturated carbocycles. The fourth-order valence-electron chi connectivity index (χ4n) is 4.64. The SMILES string of the molecule is CN(C)NC(=O)[C@@H](Cc1ccccc1)N(C)C(=O)C(Cc1ccc2ccccc2c1)N(C)C(=O)/C=C/CC(C)(C)N. The van der Waals surface area contributed by atoms with Gasteiger partial charge in [0.25, 0.3) is 5.91 Å². The van der Waals surface area contributed by atoms with Gasteiger partial charge in [0.2, 0.25) is 11.8 Å². The Labute approximate surface area is 243 Å². The molecule has 41 heavy (non-hydrogen) atoms.